The number of hydrogen-bond donors (Lipinski definition) is 3. The van der Waals surface area contributed by atoms with Crippen molar-refractivity contribution in [2.45, 2.75) is 19.3 Å². The molecule has 0 aliphatic carbocycles. The van der Waals surface area contributed by atoms with Crippen molar-refractivity contribution in [1.29, 1.82) is 0 Å². The zero-order chi connectivity index (χ0) is 12.1. The molecule has 4 heteroatoms. The average molecular weight is 220 g/mol. The van der Waals surface area contributed by atoms with Crippen molar-refractivity contribution in [3.63, 3.8) is 0 Å². The molecule has 0 bridgehead atoms. The number of aryl methyl sites for hydroxylation is 1. The van der Waals surface area contributed by atoms with Gasteiger partial charge >= 0.3 is 5.97 Å². The molecule has 3 N–H and O–H groups in total. The average Bonchev–Trinajstić information content (AvgIpc) is 2.23. The van der Waals surface area contributed by atoms with Crippen molar-refractivity contribution in [2.75, 3.05) is 0 Å². The van der Waals surface area contributed by atoms with E-state index in [0.29, 0.717) is 24.8 Å². The lowest BCUT2D eigenvalue weighted by molar-refractivity contribution is 0.0693. The zero-order valence-electron chi connectivity index (χ0n) is 8.60. The first-order chi connectivity index (χ1) is 7.56. The lowest BCUT2D eigenvalue weighted by Crippen LogP contribution is -1.99. The van der Waals surface area contributed by atoms with E-state index >= 15 is 0 Å². The van der Waals surface area contributed by atoms with Crippen molar-refractivity contribution >= 4 is 5.97 Å². The van der Waals surface area contributed by atoms with Gasteiger partial charge in [0.25, 0.3) is 0 Å². The van der Waals surface area contributed by atoms with Crippen LogP contribution in [0.3, 0.4) is 0 Å². The summed E-state index contributed by atoms with van der Waals surface area (Å²) >= 11 is 0. The van der Waals surface area contributed by atoms with Gasteiger partial charge in [0.05, 0.1) is 0 Å². The Morgan fingerprint density at radius 2 is 2.06 bits per heavy atom. The highest BCUT2D eigenvalue weighted by Gasteiger charge is 2.14. The minimum absolute atomic E-state index is 0.296. The molecular formula is C12H12O4. The maximum absolute atomic E-state index is 10.8. The van der Waals surface area contributed by atoms with Gasteiger partial charge in [-0.25, -0.2) is 4.79 Å². The topological polar surface area (TPSA) is 77.8 Å². The van der Waals surface area contributed by atoms with E-state index in [4.69, 9.17) is 11.5 Å². The molecule has 84 valence electrons. The molecule has 0 aromatic heterocycles. The van der Waals surface area contributed by atoms with E-state index in [1.54, 1.807) is 0 Å². The van der Waals surface area contributed by atoms with Crippen LogP contribution in [0.4, 0.5) is 0 Å². The molecule has 0 aliphatic heterocycles. The van der Waals surface area contributed by atoms with Crippen LogP contribution in [0.1, 0.15) is 28.8 Å². The minimum Gasteiger partial charge on any atom is -0.504 e. The normalized spacial score (nSPS) is 9.69. The first-order valence-electron chi connectivity index (χ1n) is 4.78. The van der Waals surface area contributed by atoms with Crippen LogP contribution in [-0.2, 0) is 6.42 Å². The summed E-state index contributed by atoms with van der Waals surface area (Å²) in [7, 11) is 0. The summed E-state index contributed by atoms with van der Waals surface area (Å²) in [6, 6.07) is 2.69. The minimum atomic E-state index is -1.27. The van der Waals surface area contributed by atoms with Gasteiger partial charge in [0, 0.05) is 6.42 Å². The highest BCUT2D eigenvalue weighted by Crippen LogP contribution is 2.30. The summed E-state index contributed by atoms with van der Waals surface area (Å²) in [5.74, 6) is 0.177. The Balaban J connectivity index is 2.96. The number of aromatic hydroxyl groups is 2. The van der Waals surface area contributed by atoms with Crippen LogP contribution in [0.25, 0.3) is 0 Å². The van der Waals surface area contributed by atoms with E-state index in [1.807, 2.05) is 0 Å². The van der Waals surface area contributed by atoms with Crippen molar-refractivity contribution in [1.82, 2.24) is 0 Å². The molecule has 0 radical (unpaired) electrons. The highest BCUT2D eigenvalue weighted by molar-refractivity contribution is 5.92. The summed E-state index contributed by atoms with van der Waals surface area (Å²) < 4.78 is 0. The summed E-state index contributed by atoms with van der Waals surface area (Å²) in [6.45, 7) is 0. The van der Waals surface area contributed by atoms with Gasteiger partial charge in [-0.2, -0.15) is 0 Å². The van der Waals surface area contributed by atoms with Crippen LogP contribution < -0.4 is 0 Å². The third kappa shape index (κ3) is 2.67. The fraction of sp³-hybridized carbons (Fsp3) is 0.250. The molecule has 0 saturated heterocycles. The van der Waals surface area contributed by atoms with Gasteiger partial charge < -0.3 is 15.3 Å². The molecule has 0 saturated carbocycles. The molecule has 1 rings (SSSR count). The number of carbonyl (C=O) groups is 1. The first kappa shape index (κ1) is 11.9. The maximum Gasteiger partial charge on any atom is 0.339 e. The first-order valence-corrected chi connectivity index (χ1v) is 4.78. The molecule has 0 fully saturated rings. The molecule has 0 amide bonds. The maximum atomic E-state index is 10.8. The number of aromatic carboxylic acids is 1. The van der Waals surface area contributed by atoms with Crippen molar-refractivity contribution in [3.8, 4) is 23.8 Å². The number of rotatable bonds is 4. The Hall–Kier alpha value is -2.15. The zero-order valence-corrected chi connectivity index (χ0v) is 8.60. The lowest BCUT2D eigenvalue weighted by Gasteiger charge is -2.06. The number of hydrogen-bond acceptors (Lipinski definition) is 3. The Bertz CT molecular complexity index is 443. The van der Waals surface area contributed by atoms with Gasteiger partial charge in [-0.1, -0.05) is 0 Å². The van der Waals surface area contributed by atoms with Gasteiger partial charge in [-0.05, 0) is 30.5 Å². The number of phenols is 2. The van der Waals surface area contributed by atoms with Crippen LogP contribution >= 0.6 is 0 Å². The monoisotopic (exact) mass is 220 g/mol. The quantitative estimate of drug-likeness (QED) is 0.410. The van der Waals surface area contributed by atoms with Crippen molar-refractivity contribution in [3.05, 3.63) is 23.3 Å². The number of phenolic OH excluding ortho intramolecular Hbond substituents is 1. The molecule has 1 aromatic carbocycles. The van der Waals surface area contributed by atoms with E-state index < -0.39 is 17.5 Å². The summed E-state index contributed by atoms with van der Waals surface area (Å²) in [6.07, 6.45) is 6.95. The fourth-order valence-corrected chi connectivity index (χ4v) is 1.38. The number of terminal acetylenes is 1. The van der Waals surface area contributed by atoms with Crippen molar-refractivity contribution in [2.24, 2.45) is 0 Å². The smallest absolute Gasteiger partial charge is 0.339 e. The van der Waals surface area contributed by atoms with Crippen LogP contribution in [0, 0.1) is 12.3 Å². The van der Waals surface area contributed by atoms with Crippen LogP contribution in [0.2, 0.25) is 0 Å². The molecule has 0 atom stereocenters. The lowest BCUT2D eigenvalue weighted by atomic mass is 10.0. The molecule has 0 aliphatic rings. The molecule has 16 heavy (non-hydrogen) atoms. The van der Waals surface area contributed by atoms with Gasteiger partial charge in [0.1, 0.15) is 5.56 Å². The van der Waals surface area contributed by atoms with Crippen LogP contribution in [-0.4, -0.2) is 21.3 Å². The summed E-state index contributed by atoms with van der Waals surface area (Å²) in [4.78, 5) is 10.8. The third-order valence-corrected chi connectivity index (χ3v) is 2.17. The second-order valence-electron chi connectivity index (χ2n) is 3.37. The number of carboxylic acids is 1. The van der Waals surface area contributed by atoms with E-state index in [2.05, 4.69) is 5.92 Å². The highest BCUT2D eigenvalue weighted by atomic mass is 16.4. The standard InChI is InChI=1S/C12H12O4/c1-2-3-4-5-8-6-9(12(15)16)11(14)10(13)7-8/h1,6-7,13-14H,3-5H2,(H,15,16). The molecule has 0 spiro atoms. The second-order valence-corrected chi connectivity index (χ2v) is 3.37. The Labute approximate surface area is 93.2 Å². The van der Waals surface area contributed by atoms with Crippen LogP contribution in [0.15, 0.2) is 12.1 Å². The molecule has 0 unspecified atom stereocenters. The SMILES string of the molecule is C#CCCCc1cc(O)c(O)c(C(=O)O)c1. The largest absolute Gasteiger partial charge is 0.504 e. The molecule has 0 heterocycles. The van der Waals surface area contributed by atoms with E-state index in [0.717, 1.165) is 0 Å². The van der Waals surface area contributed by atoms with Gasteiger partial charge in [-0.3, -0.25) is 0 Å². The fourth-order valence-electron chi connectivity index (χ4n) is 1.38. The van der Waals surface area contributed by atoms with Gasteiger partial charge in [0.2, 0.25) is 0 Å². The predicted molar refractivity (Wildman–Crippen MR) is 58.5 cm³/mol. The number of benzene rings is 1. The summed E-state index contributed by atoms with van der Waals surface area (Å²) in [5, 5.41) is 27.4. The molecular weight excluding hydrogens is 208 g/mol. The van der Waals surface area contributed by atoms with Gasteiger partial charge in [0.15, 0.2) is 11.5 Å². The van der Waals surface area contributed by atoms with E-state index in [1.165, 1.54) is 12.1 Å². The molecule has 4 nitrogen and oxygen atoms in total. The van der Waals surface area contributed by atoms with Crippen molar-refractivity contribution < 1.29 is 20.1 Å². The van der Waals surface area contributed by atoms with Crippen LogP contribution in [0.5, 0.6) is 11.5 Å². The molecule has 1 aromatic rings. The Morgan fingerprint density at radius 1 is 1.38 bits per heavy atom. The number of unbranched alkanes of at least 4 members (excludes halogenated alkanes) is 1. The van der Waals surface area contributed by atoms with E-state index in [-0.39, 0.29) is 5.56 Å². The predicted octanol–water partition coefficient (Wildman–Crippen LogP) is 1.75. The second kappa shape index (κ2) is 5.08. The Morgan fingerprint density at radius 3 is 2.62 bits per heavy atom. The Kier molecular flexibility index (Phi) is 3.78. The summed E-state index contributed by atoms with van der Waals surface area (Å²) in [5.41, 5.74) is 0.346. The third-order valence-electron chi connectivity index (χ3n) is 2.17. The van der Waals surface area contributed by atoms with Gasteiger partial charge in [-0.15, -0.1) is 12.3 Å². The van der Waals surface area contributed by atoms with E-state index in [9.17, 15) is 15.0 Å². The number of carboxylic acid groups (broad SMARTS) is 1.